The summed E-state index contributed by atoms with van der Waals surface area (Å²) in [4.78, 5) is 16.9. The molecule has 6 aromatic rings. The molecule has 6 aromatic heterocycles. The molecule has 0 unspecified atom stereocenters. The fourth-order valence-corrected chi connectivity index (χ4v) is 4.26. The van der Waals surface area contributed by atoms with Crippen molar-refractivity contribution in [1.29, 1.82) is 0 Å². The molecule has 138 valence electrons. The highest BCUT2D eigenvalue weighted by atomic mass is 32.1. The van der Waals surface area contributed by atoms with Crippen molar-refractivity contribution in [3.63, 3.8) is 0 Å². The van der Waals surface area contributed by atoms with E-state index in [4.69, 9.17) is 0 Å². The van der Waals surface area contributed by atoms with Crippen molar-refractivity contribution in [2.75, 3.05) is 0 Å². The molecule has 6 nitrogen and oxygen atoms in total. The van der Waals surface area contributed by atoms with E-state index in [1.54, 1.807) is 23.7 Å². The van der Waals surface area contributed by atoms with E-state index < -0.39 is 0 Å². The van der Waals surface area contributed by atoms with Crippen molar-refractivity contribution in [3.8, 4) is 33.9 Å². The number of H-pyrrole nitrogens is 2. The number of nitrogens with zero attached hydrogens (tertiary/aromatic N) is 4. The van der Waals surface area contributed by atoms with Crippen molar-refractivity contribution in [3.05, 3.63) is 71.8 Å². The molecule has 0 spiro atoms. The molecule has 0 aliphatic carbocycles. The number of hydrogen-bond donors (Lipinski definition) is 2. The summed E-state index contributed by atoms with van der Waals surface area (Å²) in [5.74, 6) is 0. The third kappa shape index (κ3) is 2.63. The van der Waals surface area contributed by atoms with Crippen LogP contribution in [-0.2, 0) is 0 Å². The van der Waals surface area contributed by atoms with Gasteiger partial charge in [0, 0.05) is 23.2 Å². The minimum atomic E-state index is 0.814. The van der Waals surface area contributed by atoms with Crippen molar-refractivity contribution < 1.29 is 0 Å². The van der Waals surface area contributed by atoms with E-state index in [1.807, 2.05) is 36.5 Å². The molecule has 6 rings (SSSR count). The summed E-state index contributed by atoms with van der Waals surface area (Å²) in [6.45, 7) is 0. The monoisotopic (exact) mass is 394 g/mol. The van der Waals surface area contributed by atoms with Gasteiger partial charge in [-0.3, -0.25) is 15.1 Å². The minimum Gasteiger partial charge on any atom is -0.338 e. The molecule has 6 heterocycles. The molecule has 0 atom stereocenters. The Labute approximate surface area is 169 Å². The van der Waals surface area contributed by atoms with Crippen molar-refractivity contribution in [2.24, 2.45) is 0 Å². The van der Waals surface area contributed by atoms with E-state index in [1.165, 1.54) is 5.56 Å². The number of aromatic nitrogens is 6. The second kappa shape index (κ2) is 6.35. The first-order valence-electron chi connectivity index (χ1n) is 9.13. The summed E-state index contributed by atoms with van der Waals surface area (Å²) in [5, 5.41) is 13.9. The van der Waals surface area contributed by atoms with Gasteiger partial charge in [0.2, 0.25) is 0 Å². The molecule has 7 heteroatoms. The second-order valence-electron chi connectivity index (χ2n) is 6.72. The van der Waals surface area contributed by atoms with Crippen molar-refractivity contribution >= 4 is 33.3 Å². The third-order valence-electron chi connectivity index (χ3n) is 4.99. The quantitative estimate of drug-likeness (QED) is 0.427. The molecule has 0 saturated heterocycles. The van der Waals surface area contributed by atoms with Crippen LogP contribution in [0.15, 0.2) is 71.8 Å². The van der Waals surface area contributed by atoms with Crippen LogP contribution in [0.2, 0.25) is 0 Å². The van der Waals surface area contributed by atoms with Gasteiger partial charge in [-0.1, -0.05) is 6.07 Å². The van der Waals surface area contributed by atoms with Crippen molar-refractivity contribution in [2.45, 2.75) is 0 Å². The van der Waals surface area contributed by atoms with E-state index >= 15 is 0 Å². The number of hydrogen-bond acceptors (Lipinski definition) is 5. The Morgan fingerprint density at radius 3 is 2.72 bits per heavy atom. The Morgan fingerprint density at radius 1 is 0.862 bits per heavy atom. The summed E-state index contributed by atoms with van der Waals surface area (Å²) in [6, 6.07) is 14.1. The number of pyridine rings is 3. The lowest BCUT2D eigenvalue weighted by Gasteiger charge is -2.00. The molecule has 0 aliphatic rings. The van der Waals surface area contributed by atoms with Gasteiger partial charge in [-0.25, -0.2) is 4.98 Å². The van der Waals surface area contributed by atoms with E-state index in [-0.39, 0.29) is 0 Å². The van der Waals surface area contributed by atoms with Gasteiger partial charge >= 0.3 is 0 Å². The normalized spacial score (nSPS) is 11.4. The highest BCUT2D eigenvalue weighted by Crippen LogP contribution is 2.34. The van der Waals surface area contributed by atoms with Crippen LogP contribution in [0, 0.1) is 0 Å². The molecule has 0 radical (unpaired) electrons. The fourth-order valence-electron chi connectivity index (χ4n) is 3.60. The predicted molar refractivity (Wildman–Crippen MR) is 116 cm³/mol. The molecular formula is C22H14N6S. The molecule has 0 amide bonds. The first kappa shape index (κ1) is 16.1. The maximum absolute atomic E-state index is 4.55. The molecule has 0 aromatic carbocycles. The van der Waals surface area contributed by atoms with Gasteiger partial charge < -0.3 is 4.98 Å². The van der Waals surface area contributed by atoms with Gasteiger partial charge in [0.25, 0.3) is 0 Å². The van der Waals surface area contributed by atoms with Crippen LogP contribution in [0.1, 0.15) is 0 Å². The van der Waals surface area contributed by atoms with Gasteiger partial charge in [0.15, 0.2) is 0 Å². The molecule has 29 heavy (non-hydrogen) atoms. The molecule has 0 saturated carbocycles. The largest absolute Gasteiger partial charge is 0.338 e. The van der Waals surface area contributed by atoms with Crippen LogP contribution in [0.4, 0.5) is 0 Å². The molecule has 0 fully saturated rings. The van der Waals surface area contributed by atoms with E-state index in [2.05, 4.69) is 53.0 Å². The van der Waals surface area contributed by atoms with Gasteiger partial charge in [0.05, 0.1) is 28.8 Å². The Kier molecular flexibility index (Phi) is 3.54. The highest BCUT2D eigenvalue weighted by molar-refractivity contribution is 7.08. The van der Waals surface area contributed by atoms with E-state index in [0.717, 1.165) is 50.3 Å². The lowest BCUT2D eigenvalue weighted by Crippen LogP contribution is -1.86. The van der Waals surface area contributed by atoms with E-state index in [9.17, 15) is 0 Å². The molecular weight excluding hydrogens is 380 g/mol. The van der Waals surface area contributed by atoms with Crippen LogP contribution in [0.5, 0.6) is 0 Å². The van der Waals surface area contributed by atoms with Gasteiger partial charge in [-0.15, -0.1) is 0 Å². The smallest absolute Gasteiger partial charge is 0.138 e. The SMILES string of the molecule is c1ccc(-c2cc3c(-c4cc5c(-c6ccsc6)ccnc5[nH]4)n[nH]c3cn2)nc1. The van der Waals surface area contributed by atoms with Crippen LogP contribution >= 0.6 is 11.3 Å². The molecule has 0 aliphatic heterocycles. The molecule has 0 bridgehead atoms. The number of fused-ring (bicyclic) bond motifs is 2. The minimum absolute atomic E-state index is 0.814. The first-order chi connectivity index (χ1) is 14.4. The van der Waals surface area contributed by atoms with Crippen LogP contribution in [0.25, 0.3) is 55.8 Å². The number of aromatic amines is 2. The van der Waals surface area contributed by atoms with Crippen LogP contribution in [0.3, 0.4) is 0 Å². The topological polar surface area (TPSA) is 83.1 Å². The Hall–Kier alpha value is -3.84. The summed E-state index contributed by atoms with van der Waals surface area (Å²) in [5.41, 5.74) is 7.49. The van der Waals surface area contributed by atoms with E-state index in [0.29, 0.717) is 0 Å². The zero-order chi connectivity index (χ0) is 19.2. The average Bonchev–Trinajstić information content (AvgIpc) is 3.52. The Balaban J connectivity index is 1.53. The Bertz CT molecular complexity index is 1450. The average molecular weight is 394 g/mol. The fraction of sp³-hybridized carbons (Fsp3) is 0. The van der Waals surface area contributed by atoms with Gasteiger partial charge in [-0.05, 0) is 58.3 Å². The Morgan fingerprint density at radius 2 is 1.86 bits per heavy atom. The summed E-state index contributed by atoms with van der Waals surface area (Å²) < 4.78 is 0. The summed E-state index contributed by atoms with van der Waals surface area (Å²) in [6.07, 6.45) is 5.40. The summed E-state index contributed by atoms with van der Waals surface area (Å²) in [7, 11) is 0. The lowest BCUT2D eigenvalue weighted by molar-refractivity contribution is 1.11. The lowest BCUT2D eigenvalue weighted by atomic mass is 10.1. The van der Waals surface area contributed by atoms with Gasteiger partial charge in [-0.2, -0.15) is 16.4 Å². The third-order valence-corrected chi connectivity index (χ3v) is 5.68. The highest BCUT2D eigenvalue weighted by Gasteiger charge is 2.15. The van der Waals surface area contributed by atoms with Crippen LogP contribution in [-0.4, -0.2) is 30.1 Å². The molecule has 2 N–H and O–H groups in total. The van der Waals surface area contributed by atoms with Crippen molar-refractivity contribution in [1.82, 2.24) is 30.1 Å². The second-order valence-corrected chi connectivity index (χ2v) is 7.50. The first-order valence-corrected chi connectivity index (χ1v) is 10.1. The predicted octanol–water partition coefficient (Wildman–Crippen LogP) is 5.29. The van der Waals surface area contributed by atoms with Gasteiger partial charge in [0.1, 0.15) is 11.3 Å². The number of nitrogens with one attached hydrogen (secondary N) is 2. The maximum Gasteiger partial charge on any atom is 0.138 e. The zero-order valence-electron chi connectivity index (χ0n) is 15.1. The number of rotatable bonds is 3. The van der Waals surface area contributed by atoms with Crippen LogP contribution < -0.4 is 0 Å². The maximum atomic E-state index is 4.55. The standard InChI is InChI=1S/C22H14N6S/c1-2-6-23-17(3-1)18-10-16-20(11-25-18)27-28-21(16)19-9-15-14(13-5-8-29-12-13)4-7-24-22(15)26-19/h1-12H,(H,24,26)(H,27,28). The summed E-state index contributed by atoms with van der Waals surface area (Å²) >= 11 is 1.69. The zero-order valence-corrected chi connectivity index (χ0v) is 15.9. The number of thiophene rings is 1.